The molecule has 13 heavy (non-hydrogen) atoms. The molecule has 0 radical (unpaired) electrons. The Bertz CT molecular complexity index is 141. The Morgan fingerprint density at radius 2 is 1.69 bits per heavy atom. The molecule has 1 N–H and O–H groups in total. The van der Waals surface area contributed by atoms with Gasteiger partial charge < -0.3 is 5.32 Å². The third-order valence-electron chi connectivity index (χ3n) is 2.48. The first-order valence-corrected chi connectivity index (χ1v) is 4.79. The molecule has 0 aliphatic carbocycles. The summed E-state index contributed by atoms with van der Waals surface area (Å²) < 4.78 is 24.8. The number of piperazine rings is 1. The molecule has 0 amide bonds. The first-order valence-electron chi connectivity index (χ1n) is 4.79. The average molecular weight is 192 g/mol. The van der Waals surface area contributed by atoms with E-state index in [2.05, 4.69) is 24.1 Å². The number of halogens is 2. The molecule has 0 saturated carbocycles. The van der Waals surface area contributed by atoms with E-state index in [0.717, 1.165) is 0 Å². The summed E-state index contributed by atoms with van der Waals surface area (Å²) in [5.74, 6) is 0. The van der Waals surface area contributed by atoms with Gasteiger partial charge in [-0.1, -0.05) is 0 Å². The quantitative estimate of drug-likeness (QED) is 0.717. The summed E-state index contributed by atoms with van der Waals surface area (Å²) in [4.78, 5) is 2.12. The van der Waals surface area contributed by atoms with E-state index in [1.165, 1.54) is 0 Å². The summed E-state index contributed by atoms with van der Waals surface area (Å²) in [7, 11) is 0. The van der Waals surface area contributed by atoms with Gasteiger partial charge in [0.2, 0.25) is 0 Å². The molecule has 1 fully saturated rings. The van der Waals surface area contributed by atoms with Crippen LogP contribution in [-0.2, 0) is 0 Å². The molecular formula is C9H18F2N2. The topological polar surface area (TPSA) is 15.3 Å². The van der Waals surface area contributed by atoms with Crippen LogP contribution >= 0.6 is 0 Å². The van der Waals surface area contributed by atoms with Gasteiger partial charge in [0.15, 0.2) is 0 Å². The van der Waals surface area contributed by atoms with Gasteiger partial charge in [-0.25, -0.2) is 8.78 Å². The van der Waals surface area contributed by atoms with Gasteiger partial charge in [-0.3, -0.25) is 4.90 Å². The molecule has 1 unspecified atom stereocenters. The van der Waals surface area contributed by atoms with Crippen LogP contribution in [0.3, 0.4) is 0 Å². The van der Waals surface area contributed by atoms with Crippen LogP contribution in [0.2, 0.25) is 0 Å². The highest BCUT2D eigenvalue weighted by Crippen LogP contribution is 2.09. The number of hydrogen-bond acceptors (Lipinski definition) is 2. The Morgan fingerprint density at radius 1 is 1.23 bits per heavy atom. The lowest BCUT2D eigenvalue weighted by molar-refractivity contribution is 0.106. The second-order valence-corrected chi connectivity index (χ2v) is 3.92. The van der Waals surface area contributed by atoms with Crippen LogP contribution in [0.1, 0.15) is 13.8 Å². The van der Waals surface area contributed by atoms with Crippen molar-refractivity contribution in [2.24, 2.45) is 0 Å². The fraction of sp³-hybridized carbons (Fsp3) is 1.00. The molecule has 78 valence electrons. The zero-order chi connectivity index (χ0) is 9.84. The molecule has 4 heteroatoms. The van der Waals surface area contributed by atoms with E-state index >= 15 is 0 Å². The van der Waals surface area contributed by atoms with Gasteiger partial charge in [-0.2, -0.15) is 0 Å². The molecule has 1 aliphatic heterocycles. The minimum Gasteiger partial charge on any atom is -0.304 e. The third-order valence-corrected chi connectivity index (χ3v) is 2.48. The van der Waals surface area contributed by atoms with Crippen LogP contribution < -0.4 is 5.32 Å². The van der Waals surface area contributed by atoms with Crippen molar-refractivity contribution in [3.05, 3.63) is 0 Å². The summed E-state index contributed by atoms with van der Waals surface area (Å²) >= 11 is 0. The highest BCUT2D eigenvalue weighted by atomic mass is 19.1. The molecule has 2 nitrogen and oxygen atoms in total. The molecule has 2 atom stereocenters. The second kappa shape index (κ2) is 4.86. The van der Waals surface area contributed by atoms with Crippen molar-refractivity contribution >= 4 is 0 Å². The standard InChI is InChI=1S/C9H18F2N2/c1-7(2)13-5-8(3-10)12-9(4-11)6-13/h7-9,12H,3-6H2,1-2H3/t8-,9?/m0/s1. The van der Waals surface area contributed by atoms with Crippen LogP contribution in [0.25, 0.3) is 0 Å². The SMILES string of the molecule is CC(C)N1CC(CF)N[C@@H](CF)C1. The number of alkyl halides is 2. The smallest absolute Gasteiger partial charge is 0.106 e. The van der Waals surface area contributed by atoms with E-state index < -0.39 is 13.3 Å². The van der Waals surface area contributed by atoms with E-state index in [-0.39, 0.29) is 12.1 Å². The lowest BCUT2D eigenvalue weighted by Gasteiger charge is -2.39. The molecule has 0 aromatic carbocycles. The molecule has 1 saturated heterocycles. The fourth-order valence-electron chi connectivity index (χ4n) is 1.69. The molecular weight excluding hydrogens is 174 g/mol. The molecule has 1 rings (SSSR count). The second-order valence-electron chi connectivity index (χ2n) is 3.92. The minimum absolute atomic E-state index is 0.197. The Balaban J connectivity index is 2.49. The molecule has 0 aromatic rings. The highest BCUT2D eigenvalue weighted by molar-refractivity contribution is 4.86. The lowest BCUT2D eigenvalue weighted by Crippen LogP contribution is -2.59. The summed E-state index contributed by atoms with van der Waals surface area (Å²) in [6.07, 6.45) is 0. The summed E-state index contributed by atoms with van der Waals surface area (Å²) in [6.45, 7) is 4.64. The van der Waals surface area contributed by atoms with Gasteiger partial charge in [0.05, 0.1) is 0 Å². The minimum atomic E-state index is -0.417. The van der Waals surface area contributed by atoms with Gasteiger partial charge in [0, 0.05) is 31.2 Å². The van der Waals surface area contributed by atoms with E-state index in [9.17, 15) is 8.78 Å². The predicted molar refractivity (Wildman–Crippen MR) is 49.4 cm³/mol. The first kappa shape index (κ1) is 10.9. The van der Waals surface area contributed by atoms with Crippen molar-refractivity contribution in [1.29, 1.82) is 0 Å². The van der Waals surface area contributed by atoms with E-state index in [1.807, 2.05) is 0 Å². The Morgan fingerprint density at radius 3 is 2.00 bits per heavy atom. The van der Waals surface area contributed by atoms with Crippen molar-refractivity contribution in [3.8, 4) is 0 Å². The van der Waals surface area contributed by atoms with Gasteiger partial charge in [-0.05, 0) is 13.8 Å². The van der Waals surface area contributed by atoms with Crippen molar-refractivity contribution in [1.82, 2.24) is 10.2 Å². The number of nitrogens with zero attached hydrogens (tertiary/aromatic N) is 1. The van der Waals surface area contributed by atoms with E-state index in [0.29, 0.717) is 19.1 Å². The van der Waals surface area contributed by atoms with E-state index in [4.69, 9.17) is 0 Å². The zero-order valence-corrected chi connectivity index (χ0v) is 8.26. The lowest BCUT2D eigenvalue weighted by atomic mass is 10.1. The average Bonchev–Trinajstić information content (AvgIpc) is 2.16. The van der Waals surface area contributed by atoms with Crippen LogP contribution in [-0.4, -0.2) is 49.5 Å². The number of hydrogen-bond donors (Lipinski definition) is 1. The van der Waals surface area contributed by atoms with Crippen molar-refractivity contribution in [2.75, 3.05) is 26.4 Å². The maximum Gasteiger partial charge on any atom is 0.106 e. The maximum atomic E-state index is 12.4. The zero-order valence-electron chi connectivity index (χ0n) is 8.26. The van der Waals surface area contributed by atoms with Crippen molar-refractivity contribution in [2.45, 2.75) is 32.0 Å². The fourth-order valence-corrected chi connectivity index (χ4v) is 1.69. The van der Waals surface area contributed by atoms with Crippen LogP contribution in [0, 0.1) is 0 Å². The summed E-state index contributed by atoms with van der Waals surface area (Å²) in [5.41, 5.74) is 0. The van der Waals surface area contributed by atoms with Crippen LogP contribution in [0.5, 0.6) is 0 Å². The molecule has 1 heterocycles. The Kier molecular flexibility index (Phi) is 4.06. The Labute approximate surface area is 78.3 Å². The van der Waals surface area contributed by atoms with Crippen LogP contribution in [0.15, 0.2) is 0 Å². The third kappa shape index (κ3) is 2.88. The first-order chi connectivity index (χ1) is 6.17. The number of rotatable bonds is 3. The molecule has 0 spiro atoms. The van der Waals surface area contributed by atoms with Gasteiger partial charge in [-0.15, -0.1) is 0 Å². The molecule has 0 bridgehead atoms. The van der Waals surface area contributed by atoms with Crippen molar-refractivity contribution in [3.63, 3.8) is 0 Å². The molecule has 1 aliphatic rings. The summed E-state index contributed by atoms with van der Waals surface area (Å²) in [5, 5.41) is 2.95. The molecule has 0 aromatic heterocycles. The monoisotopic (exact) mass is 192 g/mol. The predicted octanol–water partition coefficient (Wildman–Crippen LogP) is 0.976. The largest absolute Gasteiger partial charge is 0.304 e. The van der Waals surface area contributed by atoms with Gasteiger partial charge in [0.1, 0.15) is 13.3 Å². The van der Waals surface area contributed by atoms with Gasteiger partial charge >= 0.3 is 0 Å². The van der Waals surface area contributed by atoms with E-state index in [1.54, 1.807) is 0 Å². The summed E-state index contributed by atoms with van der Waals surface area (Å²) in [6, 6.07) is -0.0287. The van der Waals surface area contributed by atoms with Crippen LogP contribution in [0.4, 0.5) is 8.78 Å². The normalized spacial score (nSPS) is 31.2. The van der Waals surface area contributed by atoms with Gasteiger partial charge in [0.25, 0.3) is 0 Å². The maximum absolute atomic E-state index is 12.4. The van der Waals surface area contributed by atoms with Crippen molar-refractivity contribution < 1.29 is 8.78 Å². The Hall–Kier alpha value is -0.220. The number of nitrogens with one attached hydrogen (secondary N) is 1. The highest BCUT2D eigenvalue weighted by Gasteiger charge is 2.27.